The van der Waals surface area contributed by atoms with E-state index >= 15 is 0 Å². The molecular formula is C84H50N2O2S2. The first-order valence-electron chi connectivity index (χ1n) is 30.5. The summed E-state index contributed by atoms with van der Waals surface area (Å²) < 4.78 is 23.2. The molecule has 14 aromatic carbocycles. The molecule has 0 saturated heterocycles. The van der Waals surface area contributed by atoms with Crippen LogP contribution in [0.4, 0.5) is 0 Å². The minimum atomic E-state index is 0.903. The van der Waals surface area contributed by atoms with Crippen LogP contribution in [-0.4, -0.2) is 9.13 Å². The number of rotatable bonds is 6. The summed E-state index contributed by atoms with van der Waals surface area (Å²) in [6.45, 7) is 0. The van der Waals surface area contributed by atoms with Gasteiger partial charge in [0.05, 0.1) is 11.0 Å². The summed E-state index contributed by atoms with van der Waals surface area (Å²) >= 11 is 3.75. The Kier molecular flexibility index (Phi) is 11.4. The third-order valence-electron chi connectivity index (χ3n) is 18.4. The van der Waals surface area contributed by atoms with Gasteiger partial charge in [-0.15, -0.1) is 22.7 Å². The Balaban J connectivity index is 0.000000130. The molecule has 0 amide bonds. The van der Waals surface area contributed by atoms with Crippen molar-refractivity contribution in [3.05, 3.63) is 303 Å². The van der Waals surface area contributed by atoms with E-state index in [0.717, 1.165) is 88.4 Å². The van der Waals surface area contributed by atoms with Crippen LogP contribution in [0, 0.1) is 0 Å². The van der Waals surface area contributed by atoms with Crippen molar-refractivity contribution in [3.63, 3.8) is 0 Å². The van der Waals surface area contributed by atoms with Gasteiger partial charge in [0.2, 0.25) is 0 Å². The molecule has 0 radical (unpaired) electrons. The highest BCUT2D eigenvalue weighted by Crippen LogP contribution is 2.45. The second-order valence-electron chi connectivity index (χ2n) is 23.5. The van der Waals surface area contributed by atoms with E-state index in [1.165, 1.54) is 95.3 Å². The average Bonchev–Trinajstić information content (AvgIpc) is 1.59. The molecule has 0 N–H and O–H groups in total. The van der Waals surface area contributed by atoms with Gasteiger partial charge in [-0.2, -0.15) is 0 Å². The number of furan rings is 2. The number of hydrogen-bond acceptors (Lipinski definition) is 4. The molecule has 20 rings (SSSR count). The van der Waals surface area contributed by atoms with Crippen LogP contribution in [0.3, 0.4) is 0 Å². The molecule has 0 aliphatic rings. The van der Waals surface area contributed by atoms with Gasteiger partial charge in [0, 0.05) is 73.3 Å². The van der Waals surface area contributed by atoms with Crippen LogP contribution in [0.5, 0.6) is 0 Å². The lowest BCUT2D eigenvalue weighted by atomic mass is 9.98. The molecule has 6 heteroatoms. The summed E-state index contributed by atoms with van der Waals surface area (Å²) in [7, 11) is 0. The zero-order chi connectivity index (χ0) is 59.0. The van der Waals surface area contributed by atoms with Gasteiger partial charge in [0.25, 0.3) is 0 Å². The minimum Gasteiger partial charge on any atom is -0.454 e. The molecule has 0 aliphatic heterocycles. The van der Waals surface area contributed by atoms with Crippen molar-refractivity contribution < 1.29 is 8.83 Å². The molecule has 0 atom stereocenters. The Bertz CT molecular complexity index is 6250. The highest BCUT2D eigenvalue weighted by atomic mass is 32.1. The van der Waals surface area contributed by atoms with E-state index in [9.17, 15) is 0 Å². The molecule has 0 spiro atoms. The Labute approximate surface area is 524 Å². The molecule has 6 aromatic heterocycles. The van der Waals surface area contributed by atoms with Gasteiger partial charge in [0.15, 0.2) is 11.2 Å². The van der Waals surface area contributed by atoms with E-state index in [0.29, 0.717) is 0 Å². The molecule has 6 heterocycles. The molecule has 90 heavy (non-hydrogen) atoms. The van der Waals surface area contributed by atoms with Crippen LogP contribution in [0.15, 0.2) is 312 Å². The van der Waals surface area contributed by atoms with Gasteiger partial charge in [-0.05, 0) is 169 Å². The van der Waals surface area contributed by atoms with Crippen LogP contribution < -0.4 is 0 Å². The number of nitrogens with zero attached hydrogens (tertiary/aromatic N) is 2. The summed E-state index contributed by atoms with van der Waals surface area (Å²) in [4.78, 5) is 0. The lowest BCUT2D eigenvalue weighted by Crippen LogP contribution is -1.92. The van der Waals surface area contributed by atoms with Crippen molar-refractivity contribution in [2.45, 2.75) is 0 Å². The molecule has 0 fully saturated rings. The van der Waals surface area contributed by atoms with Crippen LogP contribution in [0.2, 0.25) is 0 Å². The van der Waals surface area contributed by atoms with Gasteiger partial charge in [-0.3, -0.25) is 0 Å². The second-order valence-corrected chi connectivity index (χ2v) is 25.7. The largest absolute Gasteiger partial charge is 0.454 e. The monoisotopic (exact) mass is 1180 g/mol. The lowest BCUT2D eigenvalue weighted by Gasteiger charge is -2.08. The smallest absolute Gasteiger partial charge is 0.161 e. The SMILES string of the molecule is c1ccc(-n2c3ccccc3c3oc4cc(-c5ccc(-c6ccc7c(c6)sc6cc8ccccc8cc67)cc5)ccc4c32)cc1.c1ccc(-n2c3ccccc3c3oc4cc(-c5ccc(-c6ccc7c(c6)sc6ccc8ccccc8c67)cc5)ccc4c32)cc1. The number of hydrogen-bond donors (Lipinski definition) is 0. The van der Waals surface area contributed by atoms with E-state index in [2.05, 4.69) is 312 Å². The molecule has 0 unspecified atom stereocenters. The molecule has 20 aromatic rings. The topological polar surface area (TPSA) is 36.1 Å². The van der Waals surface area contributed by atoms with Crippen molar-refractivity contribution >= 4 is 151 Å². The van der Waals surface area contributed by atoms with Gasteiger partial charge in [0.1, 0.15) is 22.2 Å². The molecule has 0 bridgehead atoms. The number of thiophene rings is 2. The standard InChI is InChI=1S/2C42H25NOS/c1-2-10-32(11-3-1)43-37-13-7-6-12-34(37)42-41(43)35-21-19-30(23-38(35)44-42)26-14-16-27(17-15-26)31-18-20-33-36-22-28-8-4-5-9-29(28)24-40(36)45-39(33)25-31;1-2-9-31(10-3-1)43-36-13-7-6-12-33(36)42-41(43)34-21-18-29(24-37(34)44-42)26-14-16-27(17-15-26)30-19-22-35-39(25-30)45-38-23-20-28-8-4-5-11-32(28)40(35)38/h2*1-25H. The Hall–Kier alpha value is -11.3. The Morgan fingerprint density at radius 2 is 0.622 bits per heavy atom. The normalized spacial score (nSPS) is 12.0. The molecule has 0 saturated carbocycles. The summed E-state index contributed by atoms with van der Waals surface area (Å²) in [5, 5.41) is 15.1. The maximum absolute atomic E-state index is 6.60. The second kappa shape index (κ2) is 20.1. The fraction of sp³-hybridized carbons (Fsp3) is 0. The zero-order valence-electron chi connectivity index (χ0n) is 48.4. The predicted octanol–water partition coefficient (Wildman–Crippen LogP) is 24.8. The third kappa shape index (κ3) is 8.05. The summed E-state index contributed by atoms with van der Waals surface area (Å²) in [6, 6.07) is 109. The minimum absolute atomic E-state index is 0.903. The van der Waals surface area contributed by atoms with Crippen LogP contribution in [-0.2, 0) is 0 Å². The van der Waals surface area contributed by atoms with Crippen LogP contribution in [0.1, 0.15) is 0 Å². The fourth-order valence-corrected chi connectivity index (χ4v) is 16.4. The van der Waals surface area contributed by atoms with E-state index in [4.69, 9.17) is 8.83 Å². The van der Waals surface area contributed by atoms with Crippen molar-refractivity contribution in [2.24, 2.45) is 0 Å². The molecular weight excluding hydrogens is 1130 g/mol. The molecule has 4 nitrogen and oxygen atoms in total. The number of benzene rings is 14. The van der Waals surface area contributed by atoms with Crippen LogP contribution >= 0.6 is 22.7 Å². The average molecular weight is 1180 g/mol. The van der Waals surface area contributed by atoms with E-state index in [-0.39, 0.29) is 0 Å². The Morgan fingerprint density at radius 3 is 1.16 bits per heavy atom. The highest BCUT2D eigenvalue weighted by Gasteiger charge is 2.22. The van der Waals surface area contributed by atoms with Gasteiger partial charge < -0.3 is 18.0 Å². The first-order chi connectivity index (χ1) is 44.6. The maximum Gasteiger partial charge on any atom is 0.161 e. The zero-order valence-corrected chi connectivity index (χ0v) is 50.0. The van der Waals surface area contributed by atoms with Crippen molar-refractivity contribution in [3.8, 4) is 55.9 Å². The van der Waals surface area contributed by atoms with E-state index < -0.39 is 0 Å². The maximum atomic E-state index is 6.60. The van der Waals surface area contributed by atoms with E-state index in [1.54, 1.807) is 0 Å². The Morgan fingerprint density at radius 1 is 0.233 bits per heavy atom. The summed E-state index contributed by atoms with van der Waals surface area (Å²) in [5.74, 6) is 0. The molecule has 420 valence electrons. The van der Waals surface area contributed by atoms with Crippen molar-refractivity contribution in [1.29, 1.82) is 0 Å². The van der Waals surface area contributed by atoms with Crippen LogP contribution in [0.25, 0.3) is 184 Å². The number of para-hydroxylation sites is 4. The predicted molar refractivity (Wildman–Crippen MR) is 384 cm³/mol. The van der Waals surface area contributed by atoms with Gasteiger partial charge in [-0.25, -0.2) is 0 Å². The van der Waals surface area contributed by atoms with Crippen molar-refractivity contribution in [2.75, 3.05) is 0 Å². The summed E-state index contributed by atoms with van der Waals surface area (Å²) in [5.41, 5.74) is 20.0. The molecule has 0 aliphatic carbocycles. The van der Waals surface area contributed by atoms with E-state index in [1.807, 2.05) is 22.7 Å². The van der Waals surface area contributed by atoms with Gasteiger partial charge in [-0.1, -0.05) is 200 Å². The lowest BCUT2D eigenvalue weighted by molar-refractivity contribution is 0.672. The first kappa shape index (κ1) is 50.8. The number of aromatic nitrogens is 2. The fourth-order valence-electron chi connectivity index (χ4n) is 14.1. The van der Waals surface area contributed by atoms with Crippen molar-refractivity contribution in [1.82, 2.24) is 9.13 Å². The quantitative estimate of drug-likeness (QED) is 0.166. The van der Waals surface area contributed by atoms with Gasteiger partial charge >= 0.3 is 0 Å². The summed E-state index contributed by atoms with van der Waals surface area (Å²) in [6.07, 6.45) is 0. The number of fused-ring (bicyclic) bond motifs is 19. The third-order valence-corrected chi connectivity index (χ3v) is 20.6. The first-order valence-corrected chi connectivity index (χ1v) is 32.1. The highest BCUT2D eigenvalue weighted by molar-refractivity contribution is 7.26.